The minimum atomic E-state index is -1.07. The molecule has 2 heterocycles. The van der Waals surface area contributed by atoms with Crippen molar-refractivity contribution in [3.63, 3.8) is 0 Å². The van der Waals surface area contributed by atoms with E-state index in [0.29, 0.717) is 18.5 Å². The van der Waals surface area contributed by atoms with Gasteiger partial charge in [0.25, 0.3) is 0 Å². The molecule has 10 heteroatoms. The van der Waals surface area contributed by atoms with Crippen LogP contribution in [-0.2, 0) is 6.54 Å². The van der Waals surface area contributed by atoms with E-state index in [0.717, 1.165) is 34.0 Å². The van der Waals surface area contributed by atoms with Gasteiger partial charge in [-0.3, -0.25) is 0 Å². The molecule has 0 radical (unpaired) electrons. The van der Waals surface area contributed by atoms with Gasteiger partial charge in [-0.15, -0.1) is 5.10 Å². The number of nitrogens with zero attached hydrogens (tertiary/aromatic N) is 7. The summed E-state index contributed by atoms with van der Waals surface area (Å²) in [5.41, 5.74) is 9.09. The maximum Gasteiger partial charge on any atom is 0.190 e. The molecule has 8 nitrogen and oxygen atoms in total. The molecule has 0 bridgehead atoms. The zero-order valence-electron chi connectivity index (χ0n) is 17.8. The first-order chi connectivity index (χ1) is 16.0. The van der Waals surface area contributed by atoms with Gasteiger partial charge in [-0.1, -0.05) is 30.3 Å². The number of benzene rings is 2. The molecule has 166 valence electrons. The first-order valence-corrected chi connectivity index (χ1v) is 10.1. The Morgan fingerprint density at radius 2 is 1.91 bits per heavy atom. The molecule has 0 saturated heterocycles. The van der Waals surface area contributed by atoms with Gasteiger partial charge in [0.1, 0.15) is 11.5 Å². The number of pyridine rings is 1. The molecule has 0 unspecified atom stereocenters. The van der Waals surface area contributed by atoms with Crippen LogP contribution >= 0.6 is 0 Å². The maximum absolute atomic E-state index is 14.3. The number of aromatic nitrogens is 5. The molecule has 0 spiro atoms. The number of nitrogens with two attached hydrogens (primary N) is 1. The minimum Gasteiger partial charge on any atom is -0.383 e. The fraction of sp³-hybridized carbons (Fsp3) is 0.174. The van der Waals surface area contributed by atoms with Crippen molar-refractivity contribution in [1.82, 2.24) is 30.1 Å². The Hall–Kier alpha value is -4.23. The third kappa shape index (κ3) is 4.68. The van der Waals surface area contributed by atoms with Crippen LogP contribution in [0.3, 0.4) is 0 Å². The maximum atomic E-state index is 14.3. The second kappa shape index (κ2) is 9.50. The van der Waals surface area contributed by atoms with Gasteiger partial charge in [0.15, 0.2) is 17.5 Å². The molecule has 2 aromatic heterocycles. The summed E-state index contributed by atoms with van der Waals surface area (Å²) in [6.45, 7) is 1.42. The number of halogens is 2. The van der Waals surface area contributed by atoms with Gasteiger partial charge in [-0.05, 0) is 46.8 Å². The quantitative estimate of drug-likeness (QED) is 0.462. The van der Waals surface area contributed by atoms with Crippen molar-refractivity contribution in [3.05, 3.63) is 71.9 Å². The summed E-state index contributed by atoms with van der Waals surface area (Å²) in [5, 5.41) is 20.1. The van der Waals surface area contributed by atoms with E-state index in [1.807, 2.05) is 31.3 Å². The molecule has 33 heavy (non-hydrogen) atoms. The summed E-state index contributed by atoms with van der Waals surface area (Å²) in [4.78, 5) is 6.33. The Morgan fingerprint density at radius 1 is 1.12 bits per heavy atom. The molecule has 2 aromatic carbocycles. The largest absolute Gasteiger partial charge is 0.383 e. The molecule has 4 rings (SSSR count). The van der Waals surface area contributed by atoms with E-state index in [2.05, 4.69) is 31.5 Å². The third-order valence-electron chi connectivity index (χ3n) is 5.13. The number of hydrogen-bond acceptors (Lipinski definition) is 7. The van der Waals surface area contributed by atoms with Crippen molar-refractivity contribution in [2.75, 3.05) is 19.3 Å². The number of tetrazole rings is 1. The Balaban J connectivity index is 1.65. The highest BCUT2D eigenvalue weighted by Gasteiger charge is 2.19. The minimum absolute atomic E-state index is 0.135. The fourth-order valence-electron chi connectivity index (χ4n) is 3.42. The molecule has 2 N–H and O–H groups in total. The Bertz CT molecular complexity index is 1310. The summed E-state index contributed by atoms with van der Waals surface area (Å²) in [5.74, 6) is -1.78. The zero-order chi connectivity index (χ0) is 23.4. The van der Waals surface area contributed by atoms with Gasteiger partial charge >= 0.3 is 0 Å². The fourth-order valence-corrected chi connectivity index (χ4v) is 3.42. The van der Waals surface area contributed by atoms with Crippen LogP contribution in [0, 0.1) is 23.0 Å². The van der Waals surface area contributed by atoms with Gasteiger partial charge in [-0.2, -0.15) is 9.94 Å². The lowest BCUT2D eigenvalue weighted by Crippen LogP contribution is -2.18. The molecule has 0 aliphatic carbocycles. The number of rotatable bonds is 7. The molecule has 0 aliphatic heterocycles. The molecular formula is C23H20F2N8. The van der Waals surface area contributed by atoms with Crippen LogP contribution in [0.25, 0.3) is 28.2 Å². The lowest BCUT2D eigenvalue weighted by atomic mass is 10.0. The summed E-state index contributed by atoms with van der Waals surface area (Å²) in [6.07, 6.45) is 2.11. The van der Waals surface area contributed by atoms with E-state index in [9.17, 15) is 8.78 Å². The van der Waals surface area contributed by atoms with E-state index in [4.69, 9.17) is 11.0 Å². The van der Waals surface area contributed by atoms with Crippen molar-refractivity contribution in [3.8, 4) is 34.3 Å². The highest BCUT2D eigenvalue weighted by atomic mass is 19.2. The van der Waals surface area contributed by atoms with Gasteiger partial charge < -0.3 is 10.6 Å². The van der Waals surface area contributed by atoms with Crippen LogP contribution in [-0.4, -0.2) is 43.7 Å². The highest BCUT2D eigenvalue weighted by Crippen LogP contribution is 2.30. The first kappa shape index (κ1) is 22.0. The summed E-state index contributed by atoms with van der Waals surface area (Å²) >= 11 is 0. The Labute approximate surface area is 188 Å². The van der Waals surface area contributed by atoms with Crippen LogP contribution in [0.4, 0.5) is 14.6 Å². The van der Waals surface area contributed by atoms with E-state index < -0.39 is 11.6 Å². The second-order valence-corrected chi connectivity index (χ2v) is 7.49. The molecule has 0 atom stereocenters. The molecule has 0 amide bonds. The highest BCUT2D eigenvalue weighted by molar-refractivity contribution is 5.76. The Morgan fingerprint density at radius 3 is 2.67 bits per heavy atom. The van der Waals surface area contributed by atoms with Crippen LogP contribution in [0.1, 0.15) is 12.0 Å². The first-order valence-electron chi connectivity index (χ1n) is 10.1. The predicted octanol–water partition coefficient (Wildman–Crippen LogP) is 3.60. The topological polar surface area (TPSA) is 110 Å². The molecular weight excluding hydrogens is 426 g/mol. The van der Waals surface area contributed by atoms with Crippen LogP contribution < -0.4 is 5.73 Å². The van der Waals surface area contributed by atoms with Gasteiger partial charge in [0.05, 0.1) is 11.6 Å². The predicted molar refractivity (Wildman–Crippen MR) is 119 cm³/mol. The Kier molecular flexibility index (Phi) is 6.33. The van der Waals surface area contributed by atoms with Crippen LogP contribution in [0.2, 0.25) is 0 Å². The second-order valence-electron chi connectivity index (χ2n) is 7.49. The summed E-state index contributed by atoms with van der Waals surface area (Å²) < 4.78 is 29.2. The van der Waals surface area contributed by atoms with Crippen molar-refractivity contribution < 1.29 is 8.78 Å². The average Bonchev–Trinajstić information content (AvgIpc) is 3.30. The van der Waals surface area contributed by atoms with Crippen molar-refractivity contribution in [2.24, 2.45) is 0 Å². The van der Waals surface area contributed by atoms with E-state index in [1.165, 1.54) is 12.1 Å². The molecule has 0 fully saturated rings. The standard InChI is InChI=1S/C23H20F2N8/c1-32(11-3-10-26)14-15-6-8-16(9-7-15)17-12-18(22(27)28-13-17)23-29-30-31-33(23)20-5-2-4-19(24)21(20)25/h2,4-9,12-13H,3,11,14H2,1H3,(H2,27,28). The SMILES string of the molecule is CN(CCC#N)Cc1ccc(-c2cnc(N)c(-c3nnnn3-c3cccc(F)c3F)c2)cc1. The van der Waals surface area contributed by atoms with Crippen LogP contribution in [0.15, 0.2) is 54.7 Å². The molecule has 0 saturated carbocycles. The molecule has 0 aliphatic rings. The lowest BCUT2D eigenvalue weighted by Gasteiger charge is -2.15. The van der Waals surface area contributed by atoms with Crippen molar-refractivity contribution in [2.45, 2.75) is 13.0 Å². The van der Waals surface area contributed by atoms with Gasteiger partial charge in [-0.25, -0.2) is 13.8 Å². The van der Waals surface area contributed by atoms with E-state index in [1.54, 1.807) is 12.3 Å². The molecule has 4 aromatic rings. The number of nitrogen functional groups attached to an aromatic ring is 1. The third-order valence-corrected chi connectivity index (χ3v) is 5.13. The number of nitriles is 1. The smallest absolute Gasteiger partial charge is 0.190 e. The van der Waals surface area contributed by atoms with Gasteiger partial charge in [0.2, 0.25) is 0 Å². The number of anilines is 1. The monoisotopic (exact) mass is 446 g/mol. The average molecular weight is 446 g/mol. The summed E-state index contributed by atoms with van der Waals surface area (Å²) in [6, 6.07) is 15.6. The van der Waals surface area contributed by atoms with Crippen LogP contribution in [0.5, 0.6) is 0 Å². The van der Waals surface area contributed by atoms with Crippen molar-refractivity contribution in [1.29, 1.82) is 5.26 Å². The summed E-state index contributed by atoms with van der Waals surface area (Å²) in [7, 11) is 1.97. The lowest BCUT2D eigenvalue weighted by molar-refractivity contribution is 0.335. The van der Waals surface area contributed by atoms with E-state index >= 15 is 0 Å². The normalized spacial score (nSPS) is 11.0. The number of hydrogen-bond donors (Lipinski definition) is 1. The van der Waals surface area contributed by atoms with Gasteiger partial charge in [0, 0.05) is 31.3 Å². The van der Waals surface area contributed by atoms with Crippen molar-refractivity contribution >= 4 is 5.82 Å². The van der Waals surface area contributed by atoms with E-state index in [-0.39, 0.29) is 17.3 Å². The zero-order valence-corrected chi connectivity index (χ0v) is 17.8.